The Morgan fingerprint density at radius 3 is 3.05 bits per heavy atom. The number of hydrogen-bond acceptors (Lipinski definition) is 4. The molecule has 2 aromatic rings. The fourth-order valence-electron chi connectivity index (χ4n) is 3.36. The summed E-state index contributed by atoms with van der Waals surface area (Å²) in [5.41, 5.74) is 2.53. The smallest absolute Gasteiger partial charge is 0.151 e. The summed E-state index contributed by atoms with van der Waals surface area (Å²) >= 11 is 7.87. The van der Waals surface area contributed by atoms with E-state index in [1.807, 2.05) is 12.3 Å². The van der Waals surface area contributed by atoms with E-state index >= 15 is 0 Å². The zero-order valence-corrected chi connectivity index (χ0v) is 13.4. The second kappa shape index (κ2) is 5.50. The minimum atomic E-state index is 0.370. The Hall–Kier alpha value is -1.26. The van der Waals surface area contributed by atoms with Gasteiger partial charge in [-0.2, -0.15) is 0 Å². The van der Waals surface area contributed by atoms with Gasteiger partial charge in [-0.25, -0.2) is 4.98 Å². The molecule has 1 saturated heterocycles. The first-order valence-corrected chi connectivity index (χ1v) is 8.75. The Kier molecular flexibility index (Phi) is 3.51. The number of rotatable bonds is 3. The van der Waals surface area contributed by atoms with E-state index in [4.69, 9.17) is 11.6 Å². The Balaban J connectivity index is 1.60. The lowest BCUT2D eigenvalue weighted by molar-refractivity contribution is 0.760. The van der Waals surface area contributed by atoms with E-state index in [0.717, 1.165) is 41.8 Å². The molecule has 2 aliphatic rings. The summed E-state index contributed by atoms with van der Waals surface area (Å²) < 4.78 is 0.900. The number of anilines is 2. The van der Waals surface area contributed by atoms with E-state index in [0.29, 0.717) is 6.04 Å². The van der Waals surface area contributed by atoms with E-state index < -0.39 is 0 Å². The highest BCUT2D eigenvalue weighted by Crippen LogP contribution is 2.42. The van der Waals surface area contributed by atoms with Crippen molar-refractivity contribution in [1.29, 1.82) is 0 Å². The summed E-state index contributed by atoms with van der Waals surface area (Å²) in [5, 5.41) is 3.70. The molecule has 21 heavy (non-hydrogen) atoms. The summed E-state index contributed by atoms with van der Waals surface area (Å²) in [7, 11) is 0. The van der Waals surface area contributed by atoms with Crippen molar-refractivity contribution in [2.24, 2.45) is 0 Å². The van der Waals surface area contributed by atoms with Crippen molar-refractivity contribution in [2.45, 2.75) is 31.7 Å². The van der Waals surface area contributed by atoms with Gasteiger partial charge in [-0.1, -0.05) is 11.6 Å². The van der Waals surface area contributed by atoms with Gasteiger partial charge in [0.15, 0.2) is 5.82 Å². The lowest BCUT2D eigenvalue weighted by Crippen LogP contribution is -2.21. The molecule has 3 heterocycles. The van der Waals surface area contributed by atoms with Crippen molar-refractivity contribution in [3.8, 4) is 0 Å². The second-order valence-electron chi connectivity index (χ2n) is 5.73. The van der Waals surface area contributed by atoms with Crippen LogP contribution in [0.4, 0.5) is 11.5 Å². The molecule has 0 amide bonds. The number of aryl methyl sites for hydroxylation is 1. The lowest BCUT2D eigenvalue weighted by Gasteiger charge is -2.23. The van der Waals surface area contributed by atoms with Gasteiger partial charge < -0.3 is 10.2 Å². The fraction of sp³-hybridized carbons (Fsp3) is 0.438. The van der Waals surface area contributed by atoms with Gasteiger partial charge in [-0.15, -0.1) is 11.3 Å². The first-order chi connectivity index (χ1) is 10.3. The van der Waals surface area contributed by atoms with Crippen molar-refractivity contribution in [1.82, 2.24) is 4.98 Å². The van der Waals surface area contributed by atoms with Crippen LogP contribution < -0.4 is 10.2 Å². The average molecular weight is 320 g/mol. The molecule has 4 rings (SSSR count). The van der Waals surface area contributed by atoms with E-state index in [1.165, 1.54) is 23.3 Å². The zero-order chi connectivity index (χ0) is 14.2. The predicted octanol–water partition coefficient (Wildman–Crippen LogP) is 4.50. The van der Waals surface area contributed by atoms with Crippen LogP contribution in [0.5, 0.6) is 0 Å². The van der Waals surface area contributed by atoms with Gasteiger partial charge in [0.2, 0.25) is 0 Å². The highest BCUT2D eigenvalue weighted by Gasteiger charge is 2.26. The van der Waals surface area contributed by atoms with Gasteiger partial charge in [0.05, 0.1) is 16.1 Å². The number of halogens is 1. The van der Waals surface area contributed by atoms with Crippen LogP contribution in [0.15, 0.2) is 24.4 Å². The largest absolute Gasteiger partial charge is 0.375 e. The summed E-state index contributed by atoms with van der Waals surface area (Å²) in [6.45, 7) is 2.23. The summed E-state index contributed by atoms with van der Waals surface area (Å²) in [6.07, 6.45) is 6.70. The number of fused-ring (bicyclic) bond motifs is 1. The van der Waals surface area contributed by atoms with Crippen LogP contribution in [0.3, 0.4) is 0 Å². The molecule has 1 fully saturated rings. The van der Waals surface area contributed by atoms with E-state index in [9.17, 15) is 0 Å². The average Bonchev–Trinajstić information content (AvgIpc) is 3.18. The summed E-state index contributed by atoms with van der Waals surface area (Å²) in [4.78, 5) is 8.43. The van der Waals surface area contributed by atoms with E-state index in [1.54, 1.807) is 11.3 Å². The molecule has 2 aromatic heterocycles. The number of nitrogens with one attached hydrogen (secondary N) is 1. The van der Waals surface area contributed by atoms with Crippen LogP contribution >= 0.6 is 22.9 Å². The fourth-order valence-corrected chi connectivity index (χ4v) is 4.72. The Labute approximate surface area is 134 Å². The summed E-state index contributed by atoms with van der Waals surface area (Å²) in [6, 6.07) is 6.65. The number of pyridine rings is 1. The molecule has 5 heteroatoms. The molecule has 1 aliphatic heterocycles. The molecule has 1 atom stereocenters. The van der Waals surface area contributed by atoms with Gasteiger partial charge in [0.1, 0.15) is 0 Å². The molecule has 110 valence electrons. The normalized spacial score (nSPS) is 20.8. The van der Waals surface area contributed by atoms with Crippen molar-refractivity contribution in [2.75, 3.05) is 23.3 Å². The maximum atomic E-state index is 6.15. The van der Waals surface area contributed by atoms with Crippen LogP contribution in [0.1, 0.15) is 35.7 Å². The standard InChI is InChI=1S/C16H18ClN3S/c17-15-10-11-12(5-6-14(11)21-15)19-13-4-3-7-18-16(13)20-8-1-2-9-20/h3-4,7,10,12,19H,1-2,5-6,8-9H2. The second-order valence-corrected chi connectivity index (χ2v) is 7.50. The molecule has 0 bridgehead atoms. The van der Waals surface area contributed by atoms with E-state index in [-0.39, 0.29) is 0 Å². The molecule has 0 spiro atoms. The highest BCUT2D eigenvalue weighted by molar-refractivity contribution is 7.16. The van der Waals surface area contributed by atoms with Gasteiger partial charge >= 0.3 is 0 Å². The number of nitrogens with zero attached hydrogens (tertiary/aromatic N) is 2. The number of aromatic nitrogens is 1. The first kappa shape index (κ1) is 13.4. The quantitative estimate of drug-likeness (QED) is 0.903. The SMILES string of the molecule is Clc1cc2c(s1)CCC2Nc1cccnc1N1CCCC1. The monoisotopic (exact) mass is 319 g/mol. The molecule has 0 aromatic carbocycles. The molecule has 3 nitrogen and oxygen atoms in total. The van der Waals surface area contributed by atoms with Crippen molar-refractivity contribution in [3.63, 3.8) is 0 Å². The first-order valence-electron chi connectivity index (χ1n) is 7.56. The summed E-state index contributed by atoms with van der Waals surface area (Å²) in [5.74, 6) is 1.10. The van der Waals surface area contributed by atoms with Gasteiger partial charge in [0, 0.05) is 24.2 Å². The van der Waals surface area contributed by atoms with Crippen molar-refractivity contribution in [3.05, 3.63) is 39.2 Å². The van der Waals surface area contributed by atoms with Crippen molar-refractivity contribution >= 4 is 34.4 Å². The van der Waals surface area contributed by atoms with Crippen LogP contribution in [-0.4, -0.2) is 18.1 Å². The third-order valence-corrected chi connectivity index (χ3v) is 5.71. The topological polar surface area (TPSA) is 28.2 Å². The Morgan fingerprint density at radius 1 is 1.33 bits per heavy atom. The minimum absolute atomic E-state index is 0.370. The van der Waals surface area contributed by atoms with Crippen LogP contribution in [0.2, 0.25) is 4.34 Å². The Morgan fingerprint density at radius 2 is 2.19 bits per heavy atom. The third-order valence-electron chi connectivity index (χ3n) is 4.37. The maximum Gasteiger partial charge on any atom is 0.151 e. The number of hydrogen-bond donors (Lipinski definition) is 1. The lowest BCUT2D eigenvalue weighted by atomic mass is 10.1. The Bertz CT molecular complexity index is 649. The third kappa shape index (κ3) is 2.51. The van der Waals surface area contributed by atoms with E-state index in [2.05, 4.69) is 27.3 Å². The van der Waals surface area contributed by atoms with Crippen LogP contribution in [0.25, 0.3) is 0 Å². The molecule has 0 radical (unpaired) electrons. The molecule has 1 unspecified atom stereocenters. The van der Waals surface area contributed by atoms with Gasteiger partial charge in [0.25, 0.3) is 0 Å². The predicted molar refractivity (Wildman–Crippen MR) is 89.7 cm³/mol. The molecule has 0 saturated carbocycles. The van der Waals surface area contributed by atoms with Crippen molar-refractivity contribution < 1.29 is 0 Å². The highest BCUT2D eigenvalue weighted by atomic mass is 35.5. The zero-order valence-electron chi connectivity index (χ0n) is 11.8. The van der Waals surface area contributed by atoms with Crippen LogP contribution in [0, 0.1) is 0 Å². The van der Waals surface area contributed by atoms with Gasteiger partial charge in [-0.3, -0.25) is 0 Å². The molecule has 1 aliphatic carbocycles. The minimum Gasteiger partial charge on any atom is -0.375 e. The number of thiophene rings is 1. The van der Waals surface area contributed by atoms with Crippen LogP contribution in [-0.2, 0) is 6.42 Å². The molecule has 1 N–H and O–H groups in total. The molecular weight excluding hydrogens is 302 g/mol. The maximum absolute atomic E-state index is 6.15. The van der Waals surface area contributed by atoms with Gasteiger partial charge in [-0.05, 0) is 49.4 Å². The molecular formula is C16H18ClN3S.